The molecule has 24 heavy (non-hydrogen) atoms. The predicted octanol–water partition coefficient (Wildman–Crippen LogP) is 1.68. The van der Waals surface area contributed by atoms with Gasteiger partial charge in [0, 0.05) is 25.5 Å². The number of H-pyrrole nitrogens is 1. The summed E-state index contributed by atoms with van der Waals surface area (Å²) < 4.78 is 1.66. The SMILES string of the molecule is CC(C)Cc1cc(C(=O)N2CCCC2c2ccnc(=O)[nH]2)n(C)n1. The van der Waals surface area contributed by atoms with Crippen LogP contribution in [0.15, 0.2) is 23.1 Å². The highest BCUT2D eigenvalue weighted by Crippen LogP contribution is 2.31. The minimum absolute atomic E-state index is 0.0415. The molecule has 1 aliphatic rings. The lowest BCUT2D eigenvalue weighted by molar-refractivity contribution is 0.0721. The molecule has 3 rings (SSSR count). The Bertz CT molecular complexity index is 792. The summed E-state index contributed by atoms with van der Waals surface area (Å²) in [6.07, 6.45) is 4.09. The van der Waals surface area contributed by atoms with E-state index in [-0.39, 0.29) is 17.6 Å². The van der Waals surface area contributed by atoms with E-state index in [0.29, 0.717) is 18.2 Å². The van der Waals surface area contributed by atoms with E-state index in [2.05, 4.69) is 28.9 Å². The van der Waals surface area contributed by atoms with Gasteiger partial charge in [0.15, 0.2) is 0 Å². The lowest BCUT2D eigenvalue weighted by Gasteiger charge is -2.24. The lowest BCUT2D eigenvalue weighted by atomic mass is 10.1. The molecule has 1 fully saturated rings. The van der Waals surface area contributed by atoms with Gasteiger partial charge < -0.3 is 9.88 Å². The zero-order chi connectivity index (χ0) is 17.3. The lowest BCUT2D eigenvalue weighted by Crippen LogP contribution is -2.33. The standard InChI is InChI=1S/C17H23N5O2/c1-11(2)9-12-10-15(21(3)20-12)16(23)22-8-4-5-14(22)13-6-7-18-17(24)19-13/h6-7,10-11,14H,4-5,8-9H2,1-3H3,(H,18,19,24). The summed E-state index contributed by atoms with van der Waals surface area (Å²) in [5.41, 5.74) is 1.88. The summed E-state index contributed by atoms with van der Waals surface area (Å²) in [6.45, 7) is 4.94. The quantitative estimate of drug-likeness (QED) is 0.925. The van der Waals surface area contributed by atoms with E-state index in [4.69, 9.17) is 0 Å². The van der Waals surface area contributed by atoms with Crippen LogP contribution in [-0.4, -0.2) is 37.1 Å². The van der Waals surface area contributed by atoms with E-state index in [1.165, 1.54) is 6.20 Å². The first-order valence-corrected chi connectivity index (χ1v) is 8.35. The summed E-state index contributed by atoms with van der Waals surface area (Å²) in [4.78, 5) is 32.7. The third kappa shape index (κ3) is 3.25. The molecule has 0 aliphatic carbocycles. The van der Waals surface area contributed by atoms with Crippen molar-refractivity contribution in [3.63, 3.8) is 0 Å². The van der Waals surface area contributed by atoms with Crippen LogP contribution in [-0.2, 0) is 13.5 Å². The highest BCUT2D eigenvalue weighted by molar-refractivity contribution is 5.93. The normalized spacial score (nSPS) is 17.7. The van der Waals surface area contributed by atoms with Crippen LogP contribution >= 0.6 is 0 Å². The molecule has 7 nitrogen and oxygen atoms in total. The monoisotopic (exact) mass is 329 g/mol. The van der Waals surface area contributed by atoms with E-state index in [9.17, 15) is 9.59 Å². The molecule has 2 aromatic heterocycles. The molecule has 1 aliphatic heterocycles. The highest BCUT2D eigenvalue weighted by atomic mass is 16.2. The average Bonchev–Trinajstić information content (AvgIpc) is 3.13. The Morgan fingerprint density at radius 2 is 2.25 bits per heavy atom. The van der Waals surface area contributed by atoms with E-state index < -0.39 is 0 Å². The molecule has 7 heteroatoms. The number of aryl methyl sites for hydroxylation is 1. The first kappa shape index (κ1) is 16.4. The molecular formula is C17H23N5O2. The summed E-state index contributed by atoms with van der Waals surface area (Å²) >= 11 is 0. The Morgan fingerprint density at radius 3 is 2.96 bits per heavy atom. The molecule has 1 amide bonds. The summed E-state index contributed by atoms with van der Waals surface area (Å²) in [7, 11) is 1.80. The fourth-order valence-corrected chi connectivity index (χ4v) is 3.30. The zero-order valence-corrected chi connectivity index (χ0v) is 14.3. The number of aromatic nitrogens is 4. The molecule has 0 spiro atoms. The van der Waals surface area contributed by atoms with Gasteiger partial charge in [0.25, 0.3) is 5.91 Å². The maximum absolute atomic E-state index is 13.0. The Hall–Kier alpha value is -2.44. The fraction of sp³-hybridized carbons (Fsp3) is 0.529. The molecule has 2 aromatic rings. The first-order chi connectivity index (χ1) is 11.5. The van der Waals surface area contributed by atoms with Crippen LogP contribution in [0.3, 0.4) is 0 Å². The van der Waals surface area contributed by atoms with Crippen molar-refractivity contribution < 1.29 is 4.79 Å². The van der Waals surface area contributed by atoms with Gasteiger partial charge in [0.05, 0.1) is 11.7 Å². The number of hydrogen-bond donors (Lipinski definition) is 1. The van der Waals surface area contributed by atoms with Crippen molar-refractivity contribution in [1.29, 1.82) is 0 Å². The molecule has 0 bridgehead atoms. The Balaban J connectivity index is 1.86. The van der Waals surface area contributed by atoms with Gasteiger partial charge in [-0.25, -0.2) is 9.78 Å². The van der Waals surface area contributed by atoms with E-state index in [1.807, 2.05) is 11.0 Å². The fourth-order valence-electron chi connectivity index (χ4n) is 3.30. The van der Waals surface area contributed by atoms with Crippen LogP contribution in [0.1, 0.15) is 54.6 Å². The second kappa shape index (κ2) is 6.59. The smallest absolute Gasteiger partial charge is 0.329 e. The Morgan fingerprint density at radius 1 is 1.46 bits per heavy atom. The minimum Gasteiger partial charge on any atom is -0.329 e. The van der Waals surface area contributed by atoms with E-state index in [0.717, 1.165) is 30.7 Å². The number of amides is 1. The van der Waals surface area contributed by atoms with Crippen LogP contribution < -0.4 is 5.69 Å². The van der Waals surface area contributed by atoms with Crippen molar-refractivity contribution >= 4 is 5.91 Å². The van der Waals surface area contributed by atoms with Gasteiger partial charge in [-0.05, 0) is 37.3 Å². The zero-order valence-electron chi connectivity index (χ0n) is 14.3. The Labute approximate surface area is 140 Å². The second-order valence-corrected chi connectivity index (χ2v) is 6.73. The molecule has 0 aromatic carbocycles. The number of carbonyl (C=O) groups is 1. The van der Waals surface area contributed by atoms with Crippen molar-refractivity contribution in [2.45, 2.75) is 39.2 Å². The first-order valence-electron chi connectivity index (χ1n) is 8.35. The van der Waals surface area contributed by atoms with Crippen LogP contribution in [0.4, 0.5) is 0 Å². The molecule has 1 N–H and O–H groups in total. The topological polar surface area (TPSA) is 83.9 Å². The van der Waals surface area contributed by atoms with E-state index in [1.54, 1.807) is 17.8 Å². The van der Waals surface area contributed by atoms with Gasteiger partial charge in [-0.1, -0.05) is 13.8 Å². The largest absolute Gasteiger partial charge is 0.345 e. The molecule has 128 valence electrons. The number of likely N-dealkylation sites (tertiary alicyclic amines) is 1. The van der Waals surface area contributed by atoms with Crippen molar-refractivity contribution in [3.8, 4) is 0 Å². The number of hydrogen-bond acceptors (Lipinski definition) is 4. The number of nitrogens with zero attached hydrogens (tertiary/aromatic N) is 4. The minimum atomic E-state index is -0.383. The number of nitrogens with one attached hydrogen (secondary N) is 1. The van der Waals surface area contributed by atoms with Crippen LogP contribution in [0.25, 0.3) is 0 Å². The van der Waals surface area contributed by atoms with Crippen LogP contribution in [0.2, 0.25) is 0 Å². The molecule has 1 atom stereocenters. The molecule has 1 unspecified atom stereocenters. The van der Waals surface area contributed by atoms with Gasteiger partial charge in [-0.3, -0.25) is 9.48 Å². The number of carbonyl (C=O) groups excluding carboxylic acids is 1. The van der Waals surface area contributed by atoms with Crippen molar-refractivity contribution in [1.82, 2.24) is 24.6 Å². The van der Waals surface area contributed by atoms with Gasteiger partial charge >= 0.3 is 5.69 Å². The van der Waals surface area contributed by atoms with Crippen LogP contribution in [0, 0.1) is 5.92 Å². The van der Waals surface area contributed by atoms with Gasteiger partial charge in [0.1, 0.15) is 5.69 Å². The van der Waals surface area contributed by atoms with Crippen molar-refractivity contribution in [2.24, 2.45) is 13.0 Å². The predicted molar refractivity (Wildman–Crippen MR) is 89.6 cm³/mol. The Kier molecular flexibility index (Phi) is 4.51. The molecule has 0 saturated carbocycles. The third-order valence-corrected chi connectivity index (χ3v) is 4.34. The highest BCUT2D eigenvalue weighted by Gasteiger charge is 2.32. The van der Waals surface area contributed by atoms with Crippen molar-refractivity contribution in [3.05, 3.63) is 45.9 Å². The van der Waals surface area contributed by atoms with Gasteiger partial charge in [0.2, 0.25) is 0 Å². The summed E-state index contributed by atoms with van der Waals surface area (Å²) in [5, 5.41) is 4.46. The van der Waals surface area contributed by atoms with E-state index >= 15 is 0 Å². The molecule has 1 saturated heterocycles. The third-order valence-electron chi connectivity index (χ3n) is 4.34. The summed E-state index contributed by atoms with van der Waals surface area (Å²) in [6, 6.07) is 3.54. The average molecular weight is 329 g/mol. The van der Waals surface area contributed by atoms with Gasteiger partial charge in [-0.15, -0.1) is 0 Å². The summed E-state index contributed by atoms with van der Waals surface area (Å²) in [5.74, 6) is 0.449. The molecular weight excluding hydrogens is 306 g/mol. The second-order valence-electron chi connectivity index (χ2n) is 6.73. The molecule has 0 radical (unpaired) electrons. The van der Waals surface area contributed by atoms with Crippen LogP contribution in [0.5, 0.6) is 0 Å². The maximum atomic E-state index is 13.0. The number of aromatic amines is 1. The van der Waals surface area contributed by atoms with Crippen molar-refractivity contribution in [2.75, 3.05) is 6.54 Å². The molecule has 3 heterocycles. The number of rotatable bonds is 4. The maximum Gasteiger partial charge on any atom is 0.345 e. The van der Waals surface area contributed by atoms with Gasteiger partial charge in [-0.2, -0.15) is 5.10 Å².